The van der Waals surface area contributed by atoms with Gasteiger partial charge in [0.1, 0.15) is 5.75 Å². The van der Waals surface area contributed by atoms with Gasteiger partial charge < -0.3 is 15.0 Å². The van der Waals surface area contributed by atoms with Gasteiger partial charge in [-0.15, -0.1) is 0 Å². The average molecular weight is 322 g/mol. The molecule has 5 heteroatoms. The van der Waals surface area contributed by atoms with E-state index in [1.165, 1.54) is 5.56 Å². The van der Waals surface area contributed by atoms with Crippen LogP contribution in [0.1, 0.15) is 32.0 Å². The summed E-state index contributed by atoms with van der Waals surface area (Å²) in [7, 11) is 0. The summed E-state index contributed by atoms with van der Waals surface area (Å²) in [5, 5.41) is 3.27. The Kier molecular flexibility index (Phi) is 4.51. The first-order valence-electron chi connectivity index (χ1n) is 7.96. The summed E-state index contributed by atoms with van der Waals surface area (Å²) in [5.41, 5.74) is 3.37. The van der Waals surface area contributed by atoms with Crippen LogP contribution in [0.5, 0.6) is 11.6 Å². The van der Waals surface area contributed by atoms with Crippen molar-refractivity contribution >= 4 is 5.69 Å². The number of hydrogen-bond donors (Lipinski definition) is 2. The van der Waals surface area contributed by atoms with E-state index in [-0.39, 0.29) is 5.41 Å². The minimum Gasteiger partial charge on any atom is -0.439 e. The van der Waals surface area contributed by atoms with Crippen LogP contribution in [0.2, 0.25) is 0 Å². The van der Waals surface area contributed by atoms with Crippen molar-refractivity contribution in [2.24, 2.45) is 0 Å². The fourth-order valence-electron chi connectivity index (χ4n) is 2.27. The lowest BCUT2D eigenvalue weighted by Gasteiger charge is -2.19. The Morgan fingerprint density at radius 3 is 2.42 bits per heavy atom. The van der Waals surface area contributed by atoms with E-state index in [1.807, 2.05) is 24.3 Å². The van der Waals surface area contributed by atoms with E-state index >= 15 is 0 Å². The molecule has 0 aliphatic rings. The molecule has 0 radical (unpaired) electrons. The fraction of sp³-hybridized carbons (Fsp3) is 0.263. The van der Waals surface area contributed by atoms with Crippen LogP contribution in [-0.4, -0.2) is 15.0 Å². The molecule has 2 aromatic heterocycles. The number of aromatic amines is 1. The van der Waals surface area contributed by atoms with Crippen molar-refractivity contribution in [1.82, 2.24) is 15.0 Å². The van der Waals surface area contributed by atoms with Crippen molar-refractivity contribution in [2.75, 3.05) is 5.32 Å². The molecule has 24 heavy (non-hydrogen) atoms. The van der Waals surface area contributed by atoms with Gasteiger partial charge in [-0.25, -0.2) is 9.97 Å². The summed E-state index contributed by atoms with van der Waals surface area (Å²) in [6.07, 6.45) is 5.21. The number of pyridine rings is 1. The lowest BCUT2D eigenvalue weighted by atomic mass is 9.87. The topological polar surface area (TPSA) is 62.8 Å². The molecule has 0 fully saturated rings. The van der Waals surface area contributed by atoms with Gasteiger partial charge in [-0.3, -0.25) is 0 Å². The van der Waals surface area contributed by atoms with E-state index in [0.717, 1.165) is 17.1 Å². The Bertz CT molecular complexity index is 757. The molecule has 3 aromatic rings. The lowest BCUT2D eigenvalue weighted by molar-refractivity contribution is 0.462. The maximum absolute atomic E-state index is 5.80. The fourth-order valence-corrected chi connectivity index (χ4v) is 2.27. The molecule has 1 aromatic carbocycles. The summed E-state index contributed by atoms with van der Waals surface area (Å²) in [4.78, 5) is 11.4. The quantitative estimate of drug-likeness (QED) is 0.725. The summed E-state index contributed by atoms with van der Waals surface area (Å²) in [6.45, 7) is 7.26. The number of hydrogen-bond acceptors (Lipinski definition) is 4. The number of nitrogens with zero attached hydrogens (tertiary/aromatic N) is 2. The Balaban J connectivity index is 1.59. The number of imidazole rings is 1. The van der Waals surface area contributed by atoms with Crippen molar-refractivity contribution in [3.63, 3.8) is 0 Å². The van der Waals surface area contributed by atoms with Crippen LogP contribution in [0.15, 0.2) is 55.1 Å². The predicted molar refractivity (Wildman–Crippen MR) is 95.4 cm³/mol. The molecule has 2 N–H and O–H groups in total. The average Bonchev–Trinajstić information content (AvgIpc) is 3.07. The second kappa shape index (κ2) is 6.74. The number of nitrogens with one attached hydrogen (secondary N) is 2. The maximum Gasteiger partial charge on any atom is 0.219 e. The molecule has 0 spiro atoms. The number of anilines is 1. The number of H-pyrrole nitrogens is 1. The van der Waals surface area contributed by atoms with Crippen LogP contribution in [0.3, 0.4) is 0 Å². The van der Waals surface area contributed by atoms with Crippen LogP contribution in [0.4, 0.5) is 5.69 Å². The zero-order valence-corrected chi connectivity index (χ0v) is 14.2. The first-order valence-corrected chi connectivity index (χ1v) is 7.96. The monoisotopic (exact) mass is 322 g/mol. The molecular formula is C19H22N4O. The van der Waals surface area contributed by atoms with Crippen LogP contribution in [-0.2, 0) is 12.0 Å². The SMILES string of the molecule is CC(C)(C)c1ccc(Oc2ccc(NCc3cnc[nH]3)cn2)cc1. The van der Waals surface area contributed by atoms with Gasteiger partial charge in [0.05, 0.1) is 30.5 Å². The van der Waals surface area contributed by atoms with Crippen molar-refractivity contribution in [1.29, 1.82) is 0 Å². The molecule has 0 saturated carbocycles. The highest BCUT2D eigenvalue weighted by Gasteiger charge is 2.13. The van der Waals surface area contributed by atoms with E-state index in [1.54, 1.807) is 18.7 Å². The molecule has 0 saturated heterocycles. The second-order valence-electron chi connectivity index (χ2n) is 6.69. The summed E-state index contributed by atoms with van der Waals surface area (Å²) in [5.74, 6) is 1.36. The molecular weight excluding hydrogens is 300 g/mol. The third-order valence-corrected chi connectivity index (χ3v) is 3.72. The Labute approximate surface area is 142 Å². The Morgan fingerprint density at radius 1 is 1.04 bits per heavy atom. The van der Waals surface area contributed by atoms with E-state index in [0.29, 0.717) is 12.4 Å². The van der Waals surface area contributed by atoms with Crippen LogP contribution < -0.4 is 10.1 Å². The second-order valence-corrected chi connectivity index (χ2v) is 6.69. The first-order chi connectivity index (χ1) is 11.5. The molecule has 0 amide bonds. The van der Waals surface area contributed by atoms with Crippen LogP contribution in [0.25, 0.3) is 0 Å². The zero-order chi connectivity index (χ0) is 17.0. The van der Waals surface area contributed by atoms with Gasteiger partial charge >= 0.3 is 0 Å². The first kappa shape index (κ1) is 16.1. The van der Waals surface area contributed by atoms with Gasteiger partial charge in [0.25, 0.3) is 0 Å². The third kappa shape index (κ3) is 4.13. The molecule has 5 nitrogen and oxygen atoms in total. The normalized spacial score (nSPS) is 11.3. The third-order valence-electron chi connectivity index (χ3n) is 3.72. The highest BCUT2D eigenvalue weighted by atomic mass is 16.5. The summed E-state index contributed by atoms with van der Waals surface area (Å²) >= 11 is 0. The summed E-state index contributed by atoms with van der Waals surface area (Å²) in [6, 6.07) is 11.9. The van der Waals surface area contributed by atoms with Gasteiger partial charge in [0.2, 0.25) is 5.88 Å². The minimum absolute atomic E-state index is 0.138. The smallest absolute Gasteiger partial charge is 0.219 e. The van der Waals surface area contributed by atoms with Crippen molar-refractivity contribution in [2.45, 2.75) is 32.7 Å². The van der Waals surface area contributed by atoms with E-state index in [4.69, 9.17) is 4.74 Å². The molecule has 0 atom stereocenters. The molecule has 124 valence electrons. The number of aromatic nitrogens is 3. The lowest BCUT2D eigenvalue weighted by Crippen LogP contribution is -2.10. The van der Waals surface area contributed by atoms with Crippen molar-refractivity contribution < 1.29 is 4.74 Å². The maximum atomic E-state index is 5.80. The zero-order valence-electron chi connectivity index (χ0n) is 14.2. The number of benzene rings is 1. The van der Waals surface area contributed by atoms with Crippen LogP contribution >= 0.6 is 0 Å². The standard InChI is InChI=1S/C19H22N4O/c1-19(2,3)14-4-7-17(8-5-14)24-18-9-6-15(11-22-18)21-12-16-10-20-13-23-16/h4-11,13,21H,12H2,1-3H3,(H,20,23). The van der Waals surface area contributed by atoms with Gasteiger partial charge in [0, 0.05) is 12.3 Å². The summed E-state index contributed by atoms with van der Waals surface area (Å²) < 4.78 is 5.80. The van der Waals surface area contributed by atoms with Crippen LogP contribution in [0, 0.1) is 0 Å². The van der Waals surface area contributed by atoms with E-state index < -0.39 is 0 Å². The van der Waals surface area contributed by atoms with E-state index in [2.05, 4.69) is 53.2 Å². The molecule has 0 bridgehead atoms. The van der Waals surface area contributed by atoms with E-state index in [9.17, 15) is 0 Å². The van der Waals surface area contributed by atoms with Crippen molar-refractivity contribution in [3.8, 4) is 11.6 Å². The molecule has 0 aliphatic heterocycles. The molecule has 0 aliphatic carbocycles. The molecule has 0 unspecified atom stereocenters. The Hall–Kier alpha value is -2.82. The Morgan fingerprint density at radius 2 is 1.83 bits per heavy atom. The largest absolute Gasteiger partial charge is 0.439 e. The molecule has 2 heterocycles. The highest BCUT2D eigenvalue weighted by Crippen LogP contribution is 2.26. The number of ether oxygens (including phenoxy) is 1. The van der Waals surface area contributed by atoms with Crippen molar-refractivity contribution in [3.05, 3.63) is 66.4 Å². The van der Waals surface area contributed by atoms with Gasteiger partial charge in [-0.2, -0.15) is 0 Å². The number of rotatable bonds is 5. The minimum atomic E-state index is 0.138. The highest BCUT2D eigenvalue weighted by molar-refractivity contribution is 5.43. The molecule has 3 rings (SSSR count). The van der Waals surface area contributed by atoms with Gasteiger partial charge in [0.15, 0.2) is 0 Å². The van der Waals surface area contributed by atoms with Gasteiger partial charge in [-0.05, 0) is 29.2 Å². The predicted octanol–water partition coefficient (Wildman–Crippen LogP) is 4.51. The van der Waals surface area contributed by atoms with Gasteiger partial charge in [-0.1, -0.05) is 32.9 Å².